The Morgan fingerprint density at radius 3 is 2.53 bits per heavy atom. The number of rotatable bonds is 6. The lowest BCUT2D eigenvalue weighted by Crippen LogP contribution is -2.34. The normalized spacial score (nSPS) is 12.2. The summed E-state index contributed by atoms with van der Waals surface area (Å²) in [5, 5.41) is 12.4. The summed E-state index contributed by atoms with van der Waals surface area (Å²) in [6, 6.07) is 10.2. The molecule has 1 aromatic rings. The molecule has 0 saturated carbocycles. The Labute approximate surface area is 104 Å². The molecule has 1 atom stereocenters. The van der Waals surface area contributed by atoms with Gasteiger partial charge in [0, 0.05) is 12.6 Å². The smallest absolute Gasteiger partial charge is 0.101 e. The maximum Gasteiger partial charge on any atom is 0.101 e. The Bertz CT molecular complexity index is 377. The van der Waals surface area contributed by atoms with E-state index in [0.717, 1.165) is 25.3 Å². The fourth-order valence-corrected chi connectivity index (χ4v) is 1.89. The Morgan fingerprint density at radius 1 is 1.29 bits per heavy atom. The van der Waals surface area contributed by atoms with Crippen molar-refractivity contribution in [3.05, 3.63) is 29.8 Å². The van der Waals surface area contributed by atoms with Crippen LogP contribution in [0, 0.1) is 11.3 Å². The first-order valence-corrected chi connectivity index (χ1v) is 6.19. The van der Waals surface area contributed by atoms with Crippen LogP contribution in [0.2, 0.25) is 0 Å². The number of benzene rings is 1. The maximum atomic E-state index is 9.01. The van der Waals surface area contributed by atoms with Crippen LogP contribution in [0.15, 0.2) is 24.3 Å². The summed E-state index contributed by atoms with van der Waals surface area (Å²) in [6.45, 7) is 9.59. The Balaban J connectivity index is 2.62. The largest absolute Gasteiger partial charge is 0.380 e. The number of para-hydroxylation sites is 1. The van der Waals surface area contributed by atoms with Gasteiger partial charge in [0.05, 0.1) is 11.3 Å². The van der Waals surface area contributed by atoms with Crippen LogP contribution in [0.1, 0.15) is 26.3 Å². The van der Waals surface area contributed by atoms with Crippen molar-refractivity contribution in [1.29, 1.82) is 5.26 Å². The van der Waals surface area contributed by atoms with Crippen LogP contribution in [0.3, 0.4) is 0 Å². The molecular formula is C14H21N3. The van der Waals surface area contributed by atoms with E-state index in [2.05, 4.69) is 37.1 Å². The van der Waals surface area contributed by atoms with Crippen LogP contribution < -0.4 is 5.32 Å². The minimum atomic E-state index is 0.337. The van der Waals surface area contributed by atoms with Gasteiger partial charge in [-0.15, -0.1) is 0 Å². The van der Waals surface area contributed by atoms with Crippen molar-refractivity contribution in [1.82, 2.24) is 4.90 Å². The van der Waals surface area contributed by atoms with Gasteiger partial charge in [0.25, 0.3) is 0 Å². The predicted molar refractivity (Wildman–Crippen MR) is 72.0 cm³/mol. The Hall–Kier alpha value is -1.53. The highest BCUT2D eigenvalue weighted by Gasteiger charge is 2.08. The van der Waals surface area contributed by atoms with Gasteiger partial charge in [-0.2, -0.15) is 5.26 Å². The molecule has 92 valence electrons. The molecule has 1 N–H and O–H groups in total. The van der Waals surface area contributed by atoms with Gasteiger partial charge in [-0.3, -0.25) is 0 Å². The van der Waals surface area contributed by atoms with Gasteiger partial charge < -0.3 is 10.2 Å². The summed E-state index contributed by atoms with van der Waals surface area (Å²) in [7, 11) is 0. The zero-order chi connectivity index (χ0) is 12.7. The molecule has 0 aliphatic carbocycles. The van der Waals surface area contributed by atoms with Gasteiger partial charge in [-0.1, -0.05) is 26.0 Å². The van der Waals surface area contributed by atoms with Gasteiger partial charge in [-0.25, -0.2) is 0 Å². The van der Waals surface area contributed by atoms with Crippen molar-refractivity contribution in [2.24, 2.45) is 0 Å². The molecule has 3 nitrogen and oxygen atoms in total. The van der Waals surface area contributed by atoms with E-state index in [4.69, 9.17) is 5.26 Å². The van der Waals surface area contributed by atoms with Crippen LogP contribution in [-0.4, -0.2) is 30.6 Å². The molecule has 0 fully saturated rings. The lowest BCUT2D eigenvalue weighted by Gasteiger charge is -2.24. The van der Waals surface area contributed by atoms with E-state index >= 15 is 0 Å². The van der Waals surface area contributed by atoms with E-state index in [0.29, 0.717) is 11.6 Å². The van der Waals surface area contributed by atoms with Crippen LogP contribution in [0.4, 0.5) is 5.69 Å². The molecule has 3 heteroatoms. The highest BCUT2D eigenvalue weighted by Crippen LogP contribution is 2.14. The molecule has 0 aliphatic rings. The summed E-state index contributed by atoms with van der Waals surface area (Å²) in [4.78, 5) is 2.37. The quantitative estimate of drug-likeness (QED) is 0.818. The van der Waals surface area contributed by atoms with Crippen molar-refractivity contribution >= 4 is 5.69 Å². The summed E-state index contributed by atoms with van der Waals surface area (Å²) in [5.74, 6) is 0. The number of likely N-dealkylation sites (N-methyl/N-ethyl adjacent to an activating group) is 1. The summed E-state index contributed by atoms with van der Waals surface area (Å²) < 4.78 is 0. The fraction of sp³-hybridized carbons (Fsp3) is 0.500. The third-order valence-electron chi connectivity index (χ3n) is 2.88. The van der Waals surface area contributed by atoms with E-state index in [1.807, 2.05) is 24.3 Å². The standard InChI is InChI=1S/C14H21N3/c1-4-17(5-2)11-12(3)16-14-9-7-6-8-13(14)10-15/h6-9,12,16H,4-5,11H2,1-3H3. The first-order valence-electron chi connectivity index (χ1n) is 6.19. The molecule has 0 bridgehead atoms. The van der Waals surface area contributed by atoms with Crippen LogP contribution in [0.5, 0.6) is 0 Å². The minimum absolute atomic E-state index is 0.337. The number of hydrogen-bond acceptors (Lipinski definition) is 3. The summed E-state index contributed by atoms with van der Waals surface area (Å²) in [6.07, 6.45) is 0. The second-order valence-electron chi connectivity index (χ2n) is 4.19. The van der Waals surface area contributed by atoms with Crippen molar-refractivity contribution in [2.75, 3.05) is 25.0 Å². The molecule has 1 unspecified atom stereocenters. The molecule has 1 aromatic carbocycles. The van der Waals surface area contributed by atoms with E-state index in [1.165, 1.54) is 0 Å². The maximum absolute atomic E-state index is 9.01. The van der Waals surface area contributed by atoms with Crippen LogP contribution in [-0.2, 0) is 0 Å². The predicted octanol–water partition coefficient (Wildman–Crippen LogP) is 2.70. The van der Waals surface area contributed by atoms with E-state index in [-0.39, 0.29) is 0 Å². The van der Waals surface area contributed by atoms with Crippen molar-refractivity contribution in [2.45, 2.75) is 26.8 Å². The van der Waals surface area contributed by atoms with Gasteiger partial charge in [0.1, 0.15) is 6.07 Å². The molecule has 0 aromatic heterocycles. The van der Waals surface area contributed by atoms with E-state index in [1.54, 1.807) is 0 Å². The van der Waals surface area contributed by atoms with Gasteiger partial charge in [-0.05, 0) is 32.1 Å². The molecule has 0 amide bonds. The second kappa shape index (κ2) is 6.93. The molecule has 0 heterocycles. The third-order valence-corrected chi connectivity index (χ3v) is 2.88. The number of nitrogens with zero attached hydrogens (tertiary/aromatic N) is 2. The first kappa shape index (κ1) is 13.5. The molecule has 0 aliphatic heterocycles. The topological polar surface area (TPSA) is 39.1 Å². The van der Waals surface area contributed by atoms with Crippen molar-refractivity contribution in [3.63, 3.8) is 0 Å². The summed E-state index contributed by atoms with van der Waals surface area (Å²) >= 11 is 0. The lowest BCUT2D eigenvalue weighted by molar-refractivity contribution is 0.295. The monoisotopic (exact) mass is 231 g/mol. The van der Waals surface area contributed by atoms with Gasteiger partial charge >= 0.3 is 0 Å². The number of nitriles is 1. The third kappa shape index (κ3) is 4.08. The molecular weight excluding hydrogens is 210 g/mol. The molecule has 0 saturated heterocycles. The van der Waals surface area contributed by atoms with Gasteiger partial charge in [0.15, 0.2) is 0 Å². The highest BCUT2D eigenvalue weighted by molar-refractivity contribution is 5.57. The Kier molecular flexibility index (Phi) is 5.51. The second-order valence-corrected chi connectivity index (χ2v) is 4.19. The average Bonchev–Trinajstić information content (AvgIpc) is 2.36. The fourth-order valence-electron chi connectivity index (χ4n) is 1.89. The molecule has 17 heavy (non-hydrogen) atoms. The average molecular weight is 231 g/mol. The highest BCUT2D eigenvalue weighted by atomic mass is 15.1. The molecule has 1 rings (SSSR count). The zero-order valence-electron chi connectivity index (χ0n) is 10.9. The van der Waals surface area contributed by atoms with Crippen LogP contribution in [0.25, 0.3) is 0 Å². The lowest BCUT2D eigenvalue weighted by atomic mass is 10.1. The minimum Gasteiger partial charge on any atom is -0.380 e. The summed E-state index contributed by atoms with van der Waals surface area (Å²) in [5.41, 5.74) is 1.63. The van der Waals surface area contributed by atoms with E-state index in [9.17, 15) is 0 Å². The van der Waals surface area contributed by atoms with Crippen molar-refractivity contribution < 1.29 is 0 Å². The van der Waals surface area contributed by atoms with E-state index < -0.39 is 0 Å². The van der Waals surface area contributed by atoms with Crippen LogP contribution >= 0.6 is 0 Å². The Morgan fingerprint density at radius 2 is 1.94 bits per heavy atom. The zero-order valence-corrected chi connectivity index (χ0v) is 10.9. The van der Waals surface area contributed by atoms with Crippen molar-refractivity contribution in [3.8, 4) is 6.07 Å². The first-order chi connectivity index (χ1) is 8.21. The number of anilines is 1. The molecule has 0 radical (unpaired) electrons. The number of nitrogens with one attached hydrogen (secondary N) is 1. The number of hydrogen-bond donors (Lipinski definition) is 1. The van der Waals surface area contributed by atoms with Gasteiger partial charge in [0.2, 0.25) is 0 Å². The molecule has 0 spiro atoms. The SMILES string of the molecule is CCN(CC)CC(C)Nc1ccccc1C#N.